The predicted molar refractivity (Wildman–Crippen MR) is 71.2 cm³/mol. The molecular weight excluding hydrogens is 280 g/mol. The van der Waals surface area contributed by atoms with Gasteiger partial charge >= 0.3 is 0 Å². The normalized spacial score (nSPS) is 10.5. The number of hydrogen-bond donors (Lipinski definition) is 0. The molecule has 0 saturated heterocycles. The summed E-state index contributed by atoms with van der Waals surface area (Å²) in [5, 5.41) is 0. The van der Waals surface area contributed by atoms with Crippen molar-refractivity contribution in [2.45, 2.75) is 20.3 Å². The van der Waals surface area contributed by atoms with Gasteiger partial charge in [-0.3, -0.25) is 4.79 Å². The van der Waals surface area contributed by atoms with Crippen molar-refractivity contribution in [1.29, 1.82) is 0 Å². The zero-order valence-electron chi connectivity index (χ0n) is 9.79. The lowest BCUT2D eigenvalue weighted by atomic mass is 10.1. The summed E-state index contributed by atoms with van der Waals surface area (Å²) in [5.74, 6) is 1.17. The fourth-order valence-electron chi connectivity index (χ4n) is 1.63. The molecule has 0 radical (unpaired) electrons. The van der Waals surface area contributed by atoms with Crippen molar-refractivity contribution in [2.75, 3.05) is 0 Å². The monoisotopic (exact) mass is 292 g/mol. The van der Waals surface area contributed by atoms with Gasteiger partial charge in [0, 0.05) is 16.5 Å². The average Bonchev–Trinajstić information content (AvgIpc) is 2.77. The third kappa shape index (κ3) is 2.50. The van der Waals surface area contributed by atoms with E-state index in [-0.39, 0.29) is 5.78 Å². The van der Waals surface area contributed by atoms with Crippen LogP contribution in [0.2, 0.25) is 0 Å². The van der Waals surface area contributed by atoms with Crippen LogP contribution in [-0.2, 0) is 0 Å². The zero-order valence-corrected chi connectivity index (χ0v) is 11.4. The van der Waals surface area contributed by atoms with Gasteiger partial charge in [0.25, 0.3) is 0 Å². The van der Waals surface area contributed by atoms with Crippen LogP contribution in [0.5, 0.6) is 0 Å². The van der Waals surface area contributed by atoms with E-state index in [0.717, 1.165) is 10.0 Å². The van der Waals surface area contributed by atoms with Gasteiger partial charge in [0.05, 0.1) is 0 Å². The van der Waals surface area contributed by atoms with Gasteiger partial charge in [-0.25, -0.2) is 0 Å². The van der Waals surface area contributed by atoms with Gasteiger partial charge in [0.1, 0.15) is 5.76 Å². The third-order valence-electron chi connectivity index (χ3n) is 2.59. The highest BCUT2D eigenvalue weighted by molar-refractivity contribution is 9.10. The van der Waals surface area contributed by atoms with Crippen LogP contribution >= 0.6 is 15.9 Å². The van der Waals surface area contributed by atoms with E-state index in [1.165, 1.54) is 5.56 Å². The molecule has 0 aliphatic rings. The van der Waals surface area contributed by atoms with E-state index in [1.807, 2.05) is 38.1 Å². The summed E-state index contributed by atoms with van der Waals surface area (Å²) in [6, 6.07) is 9.59. The Kier molecular flexibility index (Phi) is 3.48. The summed E-state index contributed by atoms with van der Waals surface area (Å²) < 4.78 is 6.54. The van der Waals surface area contributed by atoms with Crippen LogP contribution in [0.15, 0.2) is 39.2 Å². The molecule has 1 aromatic carbocycles. The highest BCUT2D eigenvalue weighted by atomic mass is 79.9. The van der Waals surface area contributed by atoms with Crippen molar-refractivity contribution in [3.05, 3.63) is 46.1 Å². The first-order valence-corrected chi connectivity index (χ1v) is 6.30. The molecular formula is C14H13BrO2. The number of aryl methyl sites for hydroxylation is 1. The highest BCUT2D eigenvalue weighted by Gasteiger charge is 2.12. The van der Waals surface area contributed by atoms with Crippen molar-refractivity contribution in [3.8, 4) is 11.3 Å². The van der Waals surface area contributed by atoms with Gasteiger partial charge in [-0.2, -0.15) is 0 Å². The molecule has 0 aliphatic carbocycles. The number of rotatable bonds is 3. The average molecular weight is 293 g/mol. The zero-order chi connectivity index (χ0) is 12.4. The molecule has 0 saturated carbocycles. The van der Waals surface area contributed by atoms with Crippen molar-refractivity contribution >= 4 is 21.7 Å². The van der Waals surface area contributed by atoms with Crippen molar-refractivity contribution in [2.24, 2.45) is 0 Å². The van der Waals surface area contributed by atoms with Gasteiger partial charge in [0.15, 0.2) is 11.5 Å². The van der Waals surface area contributed by atoms with E-state index in [0.29, 0.717) is 17.9 Å². The molecule has 2 nitrogen and oxygen atoms in total. The van der Waals surface area contributed by atoms with Gasteiger partial charge in [-0.15, -0.1) is 0 Å². The largest absolute Gasteiger partial charge is 0.453 e. The highest BCUT2D eigenvalue weighted by Crippen LogP contribution is 2.30. The summed E-state index contributed by atoms with van der Waals surface area (Å²) >= 11 is 3.50. The predicted octanol–water partition coefficient (Wildman–Crippen LogP) is 4.61. The molecule has 0 aliphatic heterocycles. The molecule has 2 aromatic rings. The van der Waals surface area contributed by atoms with Crippen LogP contribution < -0.4 is 0 Å². The molecule has 0 N–H and O–H groups in total. The molecule has 0 fully saturated rings. The topological polar surface area (TPSA) is 30.2 Å². The maximum atomic E-state index is 11.5. The molecule has 0 bridgehead atoms. The molecule has 3 heteroatoms. The summed E-state index contributed by atoms with van der Waals surface area (Å²) in [6.45, 7) is 3.86. The van der Waals surface area contributed by atoms with E-state index in [2.05, 4.69) is 15.9 Å². The van der Waals surface area contributed by atoms with Gasteiger partial charge < -0.3 is 4.42 Å². The number of carbonyl (C=O) groups excluding carboxylic acids is 1. The number of hydrogen-bond acceptors (Lipinski definition) is 2. The van der Waals surface area contributed by atoms with Crippen LogP contribution in [0.25, 0.3) is 11.3 Å². The lowest BCUT2D eigenvalue weighted by Crippen LogP contribution is -1.92. The maximum Gasteiger partial charge on any atom is 0.197 e. The van der Waals surface area contributed by atoms with E-state index in [9.17, 15) is 4.79 Å². The molecule has 1 heterocycles. The lowest BCUT2D eigenvalue weighted by molar-refractivity contribution is 0.0962. The molecule has 1 aromatic heterocycles. The van der Waals surface area contributed by atoms with Crippen LogP contribution in [0.3, 0.4) is 0 Å². The Morgan fingerprint density at radius 1 is 1.29 bits per heavy atom. The second-order valence-electron chi connectivity index (χ2n) is 3.92. The van der Waals surface area contributed by atoms with Crippen molar-refractivity contribution in [1.82, 2.24) is 0 Å². The summed E-state index contributed by atoms with van der Waals surface area (Å²) in [6.07, 6.45) is 0.460. The first-order valence-electron chi connectivity index (χ1n) is 5.51. The quantitative estimate of drug-likeness (QED) is 0.773. The van der Waals surface area contributed by atoms with E-state index < -0.39 is 0 Å². The van der Waals surface area contributed by atoms with Crippen molar-refractivity contribution < 1.29 is 9.21 Å². The number of carbonyl (C=O) groups is 1. The lowest BCUT2D eigenvalue weighted by Gasteiger charge is -2.02. The fraction of sp³-hybridized carbons (Fsp3) is 0.214. The standard InChI is InChI=1S/C14H13BrO2/c1-3-12(16)14-7-6-13(17-14)10-5-4-9(2)8-11(10)15/h4-8H,3H2,1-2H3. The van der Waals surface area contributed by atoms with Crippen molar-refractivity contribution in [3.63, 3.8) is 0 Å². The fourth-order valence-corrected chi connectivity index (χ4v) is 2.32. The second kappa shape index (κ2) is 4.88. The van der Waals surface area contributed by atoms with E-state index in [1.54, 1.807) is 6.07 Å². The number of furan rings is 1. The Labute approximate surface area is 109 Å². The molecule has 88 valence electrons. The van der Waals surface area contributed by atoms with Gasteiger partial charge in [-0.05, 0) is 36.8 Å². The summed E-state index contributed by atoms with van der Waals surface area (Å²) in [5.41, 5.74) is 2.14. The van der Waals surface area contributed by atoms with Crippen LogP contribution in [-0.4, -0.2) is 5.78 Å². The van der Waals surface area contributed by atoms with Crippen LogP contribution in [0.4, 0.5) is 0 Å². The smallest absolute Gasteiger partial charge is 0.197 e. The van der Waals surface area contributed by atoms with Crippen LogP contribution in [0, 0.1) is 6.92 Å². The Balaban J connectivity index is 2.40. The molecule has 0 spiro atoms. The number of benzene rings is 1. The van der Waals surface area contributed by atoms with Gasteiger partial charge in [-0.1, -0.05) is 28.9 Å². The summed E-state index contributed by atoms with van der Waals surface area (Å²) in [4.78, 5) is 11.5. The minimum atomic E-state index is 0.0273. The molecule has 0 atom stereocenters. The van der Waals surface area contributed by atoms with Crippen LogP contribution in [0.1, 0.15) is 29.5 Å². The first kappa shape index (κ1) is 12.1. The Morgan fingerprint density at radius 3 is 2.71 bits per heavy atom. The minimum absolute atomic E-state index is 0.0273. The molecule has 2 rings (SSSR count). The van der Waals surface area contributed by atoms with E-state index in [4.69, 9.17) is 4.42 Å². The van der Waals surface area contributed by atoms with Gasteiger partial charge in [0.2, 0.25) is 0 Å². The van der Waals surface area contributed by atoms with E-state index >= 15 is 0 Å². The Bertz CT molecular complexity index is 555. The molecule has 0 unspecified atom stereocenters. The number of ketones is 1. The maximum absolute atomic E-state index is 11.5. The summed E-state index contributed by atoms with van der Waals surface area (Å²) in [7, 11) is 0. The SMILES string of the molecule is CCC(=O)c1ccc(-c2ccc(C)cc2Br)o1. The molecule has 0 amide bonds. The third-order valence-corrected chi connectivity index (χ3v) is 3.25. The first-order chi connectivity index (χ1) is 8.11. The number of halogens is 1. The second-order valence-corrected chi connectivity index (χ2v) is 4.78. The Hall–Kier alpha value is -1.35. The molecule has 17 heavy (non-hydrogen) atoms. The minimum Gasteiger partial charge on any atom is -0.453 e. The number of Topliss-reactive ketones (excluding diaryl/α,β-unsaturated/α-hetero) is 1. The Morgan fingerprint density at radius 2 is 2.06 bits per heavy atom.